The van der Waals surface area contributed by atoms with E-state index in [1.165, 1.54) is 24.3 Å². The van der Waals surface area contributed by atoms with Crippen LogP contribution in [-0.4, -0.2) is 42.1 Å². The minimum Gasteiger partial charge on any atom is -0.478 e. The van der Waals surface area contributed by atoms with Gasteiger partial charge in [0.15, 0.2) is 0 Å². The average Bonchev–Trinajstić information content (AvgIpc) is 3.66. The smallest absolute Gasteiger partial charge is 0.336 e. The zero-order valence-electron chi connectivity index (χ0n) is 18.8. The number of hydrogen-bond donors (Lipinski definition) is 4. The second-order valence-corrected chi connectivity index (χ2v) is 8.06. The number of carboxylic acids is 2. The Morgan fingerprint density at radius 3 is 1.11 bits per heavy atom. The van der Waals surface area contributed by atoms with Gasteiger partial charge in [-0.05, 0) is 85.0 Å². The number of hydrogen-bond acceptors (Lipinski definition) is 4. The molecule has 4 aromatic rings. The van der Waals surface area contributed by atoms with E-state index in [-0.39, 0.29) is 11.1 Å². The molecule has 0 aliphatic carbocycles. The maximum absolute atomic E-state index is 10.5. The van der Waals surface area contributed by atoms with Crippen LogP contribution in [-0.2, 0) is 0 Å². The summed E-state index contributed by atoms with van der Waals surface area (Å²) in [5, 5.41) is 17.1. The van der Waals surface area contributed by atoms with Crippen LogP contribution in [0.3, 0.4) is 0 Å². The van der Waals surface area contributed by atoms with Crippen LogP contribution >= 0.6 is 0 Å². The molecule has 8 nitrogen and oxygen atoms in total. The first-order chi connectivity index (χ1) is 17.4. The summed E-state index contributed by atoms with van der Waals surface area (Å²) >= 11 is 0. The average molecular weight is 476 g/mol. The summed E-state index contributed by atoms with van der Waals surface area (Å²) < 4.78 is 0. The number of rotatable bonds is 2. The Hall–Kier alpha value is -5.24. The third kappa shape index (κ3) is 5.13. The van der Waals surface area contributed by atoms with Crippen molar-refractivity contribution in [2.24, 2.45) is 0 Å². The van der Waals surface area contributed by atoms with Crippen LogP contribution in [0, 0.1) is 0 Å². The van der Waals surface area contributed by atoms with E-state index in [1.54, 1.807) is 0 Å². The first kappa shape index (κ1) is 22.5. The topological polar surface area (TPSA) is 132 Å². The van der Waals surface area contributed by atoms with Crippen molar-refractivity contribution in [1.29, 1.82) is 0 Å². The summed E-state index contributed by atoms with van der Waals surface area (Å²) in [5.74, 6) is -2.46. The lowest BCUT2D eigenvalue weighted by atomic mass is 10.1. The molecule has 6 rings (SSSR count). The molecule has 0 spiro atoms. The van der Waals surface area contributed by atoms with E-state index in [1.807, 2.05) is 48.6 Å². The highest BCUT2D eigenvalue weighted by atomic mass is 16.4. The van der Waals surface area contributed by atoms with Gasteiger partial charge in [-0.15, -0.1) is 0 Å². The number of fused-ring (bicyclic) bond motifs is 8. The Bertz CT molecular complexity index is 1500. The minimum atomic E-state index is -1.23. The number of carboxylic acid groups (broad SMARTS) is 2. The molecule has 3 aromatic heterocycles. The Labute approximate surface area is 205 Å². The second kappa shape index (κ2) is 9.55. The normalized spacial score (nSPS) is 11.6. The van der Waals surface area contributed by atoms with E-state index in [2.05, 4.69) is 44.2 Å². The van der Waals surface area contributed by atoms with E-state index < -0.39 is 11.9 Å². The lowest BCUT2D eigenvalue weighted by Gasteiger charge is -1.98. The molecule has 176 valence electrons. The SMILES string of the molecule is C1=Cc2cc3ccc(cc4nc(cc5ccc(cc1n2)[nH]5)C=C4)[nH]3.O=C(O)c1ccccc1C(=O)O. The van der Waals surface area contributed by atoms with Gasteiger partial charge in [-0.1, -0.05) is 12.1 Å². The van der Waals surface area contributed by atoms with Crippen LogP contribution < -0.4 is 0 Å². The molecule has 5 heterocycles. The van der Waals surface area contributed by atoms with Crippen LogP contribution in [0.4, 0.5) is 0 Å². The predicted molar refractivity (Wildman–Crippen MR) is 139 cm³/mol. The standard InChI is InChI=1S/C20H14N4.C8H6O4/c1-2-14-10-16-5-6-18(23-16)12-20-8-7-19(24-20)11-17-4-3-15(22-17)9-13(1)21-14;9-7(10)5-3-1-2-4-6(5)8(11)12/h1-12,21,24H;1-4H,(H,9,10)(H,11,12). The Morgan fingerprint density at radius 2 is 0.833 bits per heavy atom. The van der Waals surface area contributed by atoms with Crippen molar-refractivity contribution in [2.75, 3.05) is 0 Å². The fraction of sp³-hybridized carbons (Fsp3) is 0. The van der Waals surface area contributed by atoms with Crippen molar-refractivity contribution in [1.82, 2.24) is 19.9 Å². The summed E-state index contributed by atoms with van der Waals surface area (Å²) in [6.07, 6.45) is 8.09. The van der Waals surface area contributed by atoms with Crippen molar-refractivity contribution in [3.8, 4) is 0 Å². The molecule has 36 heavy (non-hydrogen) atoms. The van der Waals surface area contributed by atoms with Crippen molar-refractivity contribution in [2.45, 2.75) is 0 Å². The highest BCUT2D eigenvalue weighted by molar-refractivity contribution is 6.01. The van der Waals surface area contributed by atoms with Crippen molar-refractivity contribution in [3.05, 3.63) is 107 Å². The van der Waals surface area contributed by atoms with E-state index in [0.717, 1.165) is 44.8 Å². The van der Waals surface area contributed by atoms with Gasteiger partial charge >= 0.3 is 11.9 Å². The number of aromatic amines is 2. The molecule has 0 saturated heterocycles. The number of benzene rings is 1. The number of nitrogens with one attached hydrogen (secondary N) is 2. The van der Waals surface area contributed by atoms with E-state index in [4.69, 9.17) is 10.2 Å². The summed E-state index contributed by atoms with van der Waals surface area (Å²) in [4.78, 5) is 36.9. The maximum Gasteiger partial charge on any atom is 0.336 e. The Morgan fingerprint density at radius 1 is 0.528 bits per heavy atom. The monoisotopic (exact) mass is 476 g/mol. The fourth-order valence-electron chi connectivity index (χ4n) is 3.80. The molecule has 8 bridgehead atoms. The van der Waals surface area contributed by atoms with Crippen LogP contribution in [0.1, 0.15) is 43.5 Å². The summed E-state index contributed by atoms with van der Waals surface area (Å²) in [6.45, 7) is 0. The molecule has 0 amide bonds. The first-order valence-electron chi connectivity index (χ1n) is 11.0. The molecule has 0 radical (unpaired) electrons. The third-order valence-corrected chi connectivity index (χ3v) is 5.43. The Kier molecular flexibility index (Phi) is 5.98. The lowest BCUT2D eigenvalue weighted by Crippen LogP contribution is -2.06. The first-order valence-corrected chi connectivity index (χ1v) is 11.0. The van der Waals surface area contributed by atoms with Gasteiger partial charge in [0.1, 0.15) is 0 Å². The summed E-state index contributed by atoms with van der Waals surface area (Å²) in [6, 6.07) is 21.8. The lowest BCUT2D eigenvalue weighted by molar-refractivity contribution is 0.0651. The molecular formula is C28H20N4O4. The summed E-state index contributed by atoms with van der Waals surface area (Å²) in [5.41, 5.74) is 7.48. The number of carbonyl (C=O) groups is 2. The Balaban J connectivity index is 0.000000189. The highest BCUT2D eigenvalue weighted by Gasteiger charge is 2.13. The van der Waals surface area contributed by atoms with Gasteiger partial charge in [0.05, 0.1) is 33.9 Å². The van der Waals surface area contributed by atoms with Crippen molar-refractivity contribution < 1.29 is 19.8 Å². The van der Waals surface area contributed by atoms with Gasteiger partial charge in [0.25, 0.3) is 0 Å². The number of aromatic carboxylic acids is 2. The van der Waals surface area contributed by atoms with Gasteiger partial charge in [-0.25, -0.2) is 19.6 Å². The molecule has 0 atom stereocenters. The molecule has 1 aromatic carbocycles. The predicted octanol–water partition coefficient (Wildman–Crippen LogP) is 5.74. The fourth-order valence-corrected chi connectivity index (χ4v) is 3.80. The van der Waals surface area contributed by atoms with Gasteiger partial charge in [0.2, 0.25) is 0 Å². The molecule has 2 aliphatic heterocycles. The molecular weight excluding hydrogens is 456 g/mol. The van der Waals surface area contributed by atoms with Crippen molar-refractivity contribution >= 4 is 58.3 Å². The molecule has 8 heteroatoms. The zero-order chi connectivity index (χ0) is 25.1. The van der Waals surface area contributed by atoms with Crippen LogP contribution in [0.2, 0.25) is 0 Å². The van der Waals surface area contributed by atoms with Gasteiger partial charge in [-0.3, -0.25) is 0 Å². The number of nitrogens with zero attached hydrogens (tertiary/aromatic N) is 2. The molecule has 0 saturated carbocycles. The number of H-pyrrole nitrogens is 2. The van der Waals surface area contributed by atoms with Crippen LogP contribution in [0.15, 0.2) is 72.8 Å². The van der Waals surface area contributed by atoms with Gasteiger partial charge in [0, 0.05) is 22.1 Å². The zero-order valence-corrected chi connectivity index (χ0v) is 18.8. The van der Waals surface area contributed by atoms with Gasteiger partial charge < -0.3 is 20.2 Å². The summed E-state index contributed by atoms with van der Waals surface area (Å²) in [7, 11) is 0. The molecule has 4 N–H and O–H groups in total. The quantitative estimate of drug-likeness (QED) is 0.252. The minimum absolute atomic E-state index is 0.190. The largest absolute Gasteiger partial charge is 0.478 e. The van der Waals surface area contributed by atoms with Crippen LogP contribution in [0.5, 0.6) is 0 Å². The highest BCUT2D eigenvalue weighted by Crippen LogP contribution is 2.17. The van der Waals surface area contributed by atoms with Crippen molar-refractivity contribution in [3.63, 3.8) is 0 Å². The molecule has 2 aliphatic rings. The van der Waals surface area contributed by atoms with E-state index >= 15 is 0 Å². The van der Waals surface area contributed by atoms with E-state index in [0.29, 0.717) is 0 Å². The third-order valence-electron chi connectivity index (χ3n) is 5.43. The van der Waals surface area contributed by atoms with Crippen LogP contribution in [0.25, 0.3) is 46.4 Å². The number of aromatic nitrogens is 4. The second-order valence-electron chi connectivity index (χ2n) is 8.06. The molecule has 0 fully saturated rings. The maximum atomic E-state index is 10.5. The molecule has 0 unspecified atom stereocenters. The van der Waals surface area contributed by atoms with E-state index in [9.17, 15) is 9.59 Å². The van der Waals surface area contributed by atoms with Gasteiger partial charge in [-0.2, -0.15) is 0 Å².